The maximum atomic E-state index is 13.3. The van der Waals surface area contributed by atoms with Crippen LogP contribution in [0, 0.1) is 5.82 Å². The van der Waals surface area contributed by atoms with Crippen molar-refractivity contribution in [2.45, 2.75) is 4.90 Å². The van der Waals surface area contributed by atoms with Crippen LogP contribution in [0.5, 0.6) is 0 Å². The molecule has 0 aliphatic rings. The number of carbonyl (C=O) groups excluding carboxylic acids is 1. The van der Waals surface area contributed by atoms with Crippen molar-refractivity contribution in [1.29, 1.82) is 0 Å². The van der Waals surface area contributed by atoms with Gasteiger partial charge in [0, 0.05) is 6.54 Å². The van der Waals surface area contributed by atoms with Crippen LogP contribution in [0.15, 0.2) is 29.2 Å². The summed E-state index contributed by atoms with van der Waals surface area (Å²) >= 11 is 0. The fraction of sp³-hybridized carbons (Fsp3) is 0.300. The second-order valence-corrected chi connectivity index (χ2v) is 5.08. The second kappa shape index (κ2) is 6.43. The number of primary amides is 1. The van der Waals surface area contributed by atoms with Crippen molar-refractivity contribution >= 4 is 15.9 Å². The van der Waals surface area contributed by atoms with Crippen molar-refractivity contribution in [2.24, 2.45) is 5.73 Å². The lowest BCUT2D eigenvalue weighted by Crippen LogP contribution is -2.29. The van der Waals surface area contributed by atoms with E-state index in [1.165, 1.54) is 12.1 Å². The van der Waals surface area contributed by atoms with E-state index in [-0.39, 0.29) is 19.8 Å². The third kappa shape index (κ3) is 4.40. The molecular formula is C10H13FN2O4S. The number of hydrogen-bond acceptors (Lipinski definition) is 4. The highest BCUT2D eigenvalue weighted by Crippen LogP contribution is 2.12. The third-order valence-electron chi connectivity index (χ3n) is 1.91. The standard InChI is InChI=1S/C10H13FN2O4S/c11-8-3-1-2-4-9(8)18(15,16)13-5-6-17-7-10(12)14/h1-4,13H,5-7H2,(H2,12,14). The minimum Gasteiger partial charge on any atom is -0.370 e. The number of nitrogens with two attached hydrogens (primary N) is 1. The van der Waals surface area contributed by atoms with Gasteiger partial charge in [-0.1, -0.05) is 12.1 Å². The lowest BCUT2D eigenvalue weighted by atomic mass is 10.4. The van der Waals surface area contributed by atoms with Crippen LogP contribution in [0.25, 0.3) is 0 Å². The molecule has 0 heterocycles. The summed E-state index contributed by atoms with van der Waals surface area (Å²) in [7, 11) is -3.91. The van der Waals surface area contributed by atoms with Crippen LogP contribution < -0.4 is 10.5 Å². The Kier molecular flexibility index (Phi) is 5.20. The SMILES string of the molecule is NC(=O)COCCNS(=O)(=O)c1ccccc1F. The van der Waals surface area contributed by atoms with E-state index in [1.807, 2.05) is 0 Å². The molecule has 0 atom stereocenters. The van der Waals surface area contributed by atoms with E-state index in [0.717, 1.165) is 12.1 Å². The minimum absolute atomic E-state index is 0.0311. The van der Waals surface area contributed by atoms with Crippen LogP contribution in [0.1, 0.15) is 0 Å². The first-order chi connectivity index (χ1) is 8.43. The quantitative estimate of drug-likeness (QED) is 0.662. The van der Waals surface area contributed by atoms with Gasteiger partial charge in [-0.15, -0.1) is 0 Å². The topological polar surface area (TPSA) is 98.5 Å². The number of ether oxygens (including phenoxy) is 1. The number of halogens is 1. The number of hydrogen-bond donors (Lipinski definition) is 2. The molecule has 0 spiro atoms. The molecule has 0 unspecified atom stereocenters. The molecule has 0 aliphatic carbocycles. The van der Waals surface area contributed by atoms with Crippen molar-refractivity contribution in [3.05, 3.63) is 30.1 Å². The summed E-state index contributed by atoms with van der Waals surface area (Å²) in [5.74, 6) is -1.48. The van der Waals surface area contributed by atoms with Gasteiger partial charge in [0.05, 0.1) is 6.61 Å². The first kappa shape index (κ1) is 14.6. The summed E-state index contributed by atoms with van der Waals surface area (Å²) < 4.78 is 43.5. The molecule has 1 amide bonds. The van der Waals surface area contributed by atoms with E-state index < -0.39 is 26.6 Å². The van der Waals surface area contributed by atoms with Gasteiger partial charge in [-0.05, 0) is 12.1 Å². The van der Waals surface area contributed by atoms with Crippen molar-refractivity contribution in [3.8, 4) is 0 Å². The largest absolute Gasteiger partial charge is 0.370 e. The Morgan fingerprint density at radius 2 is 2.06 bits per heavy atom. The Hall–Kier alpha value is -1.51. The number of benzene rings is 1. The number of nitrogens with one attached hydrogen (secondary N) is 1. The average molecular weight is 276 g/mol. The van der Waals surface area contributed by atoms with Gasteiger partial charge in [-0.25, -0.2) is 17.5 Å². The second-order valence-electron chi connectivity index (χ2n) is 3.35. The predicted molar refractivity (Wildman–Crippen MR) is 61.6 cm³/mol. The maximum absolute atomic E-state index is 13.3. The van der Waals surface area contributed by atoms with E-state index in [1.54, 1.807) is 0 Å². The van der Waals surface area contributed by atoms with Gasteiger partial charge in [0.15, 0.2) is 0 Å². The number of carbonyl (C=O) groups is 1. The van der Waals surface area contributed by atoms with Crippen LogP contribution in [-0.4, -0.2) is 34.1 Å². The monoisotopic (exact) mass is 276 g/mol. The molecule has 100 valence electrons. The zero-order chi connectivity index (χ0) is 13.6. The van der Waals surface area contributed by atoms with Crippen molar-refractivity contribution < 1.29 is 22.3 Å². The van der Waals surface area contributed by atoms with Gasteiger partial charge in [0.2, 0.25) is 15.9 Å². The first-order valence-electron chi connectivity index (χ1n) is 5.04. The Morgan fingerprint density at radius 1 is 1.39 bits per heavy atom. The summed E-state index contributed by atoms with van der Waals surface area (Å²) in [6, 6.07) is 5.02. The molecule has 0 aliphatic heterocycles. The van der Waals surface area contributed by atoms with Crippen LogP contribution in [0.2, 0.25) is 0 Å². The Balaban J connectivity index is 2.51. The molecule has 0 saturated carbocycles. The smallest absolute Gasteiger partial charge is 0.243 e. The fourth-order valence-corrected chi connectivity index (χ4v) is 2.25. The highest BCUT2D eigenvalue weighted by molar-refractivity contribution is 7.89. The van der Waals surface area contributed by atoms with Gasteiger partial charge in [0.1, 0.15) is 17.3 Å². The van der Waals surface area contributed by atoms with E-state index in [9.17, 15) is 17.6 Å². The average Bonchev–Trinajstić information content (AvgIpc) is 2.28. The van der Waals surface area contributed by atoms with Gasteiger partial charge in [0.25, 0.3) is 0 Å². The number of rotatable bonds is 7. The molecule has 3 N–H and O–H groups in total. The molecule has 0 fully saturated rings. The van der Waals surface area contributed by atoms with Gasteiger partial charge < -0.3 is 10.5 Å². The van der Waals surface area contributed by atoms with E-state index in [4.69, 9.17) is 10.5 Å². The van der Waals surface area contributed by atoms with Gasteiger partial charge >= 0.3 is 0 Å². The van der Waals surface area contributed by atoms with E-state index in [0.29, 0.717) is 0 Å². The van der Waals surface area contributed by atoms with Crippen LogP contribution >= 0.6 is 0 Å². The molecule has 0 saturated heterocycles. The predicted octanol–water partition coefficient (Wildman–Crippen LogP) is -0.394. The van der Waals surface area contributed by atoms with Crippen molar-refractivity contribution in [3.63, 3.8) is 0 Å². The lowest BCUT2D eigenvalue weighted by molar-refractivity contribution is -0.122. The lowest BCUT2D eigenvalue weighted by Gasteiger charge is -2.07. The molecule has 6 nitrogen and oxygen atoms in total. The highest BCUT2D eigenvalue weighted by atomic mass is 32.2. The molecule has 8 heteroatoms. The molecule has 0 aromatic heterocycles. The Bertz CT molecular complexity index is 518. The molecule has 0 bridgehead atoms. The third-order valence-corrected chi connectivity index (χ3v) is 3.40. The summed E-state index contributed by atoms with van der Waals surface area (Å²) in [6.07, 6.45) is 0. The maximum Gasteiger partial charge on any atom is 0.243 e. The van der Waals surface area contributed by atoms with E-state index >= 15 is 0 Å². The highest BCUT2D eigenvalue weighted by Gasteiger charge is 2.17. The molecular weight excluding hydrogens is 263 g/mol. The van der Waals surface area contributed by atoms with Gasteiger partial charge in [-0.3, -0.25) is 4.79 Å². The number of sulfonamides is 1. The molecule has 0 radical (unpaired) electrons. The summed E-state index contributed by atoms with van der Waals surface area (Å²) in [4.78, 5) is 9.90. The Labute approximate surface area is 104 Å². The van der Waals surface area contributed by atoms with Crippen molar-refractivity contribution in [2.75, 3.05) is 19.8 Å². The molecule has 1 aromatic rings. The zero-order valence-corrected chi connectivity index (χ0v) is 10.2. The van der Waals surface area contributed by atoms with Crippen LogP contribution in [0.4, 0.5) is 4.39 Å². The van der Waals surface area contributed by atoms with Crippen molar-refractivity contribution in [1.82, 2.24) is 4.72 Å². The summed E-state index contributed by atoms with van der Waals surface area (Å²) in [5, 5.41) is 0. The van der Waals surface area contributed by atoms with Crippen LogP contribution in [-0.2, 0) is 19.6 Å². The molecule has 18 heavy (non-hydrogen) atoms. The minimum atomic E-state index is -3.91. The normalized spacial score (nSPS) is 11.4. The molecule has 1 aromatic carbocycles. The Morgan fingerprint density at radius 3 is 2.67 bits per heavy atom. The fourth-order valence-electron chi connectivity index (χ4n) is 1.16. The summed E-state index contributed by atoms with van der Waals surface area (Å²) in [6.45, 7) is -0.401. The number of amides is 1. The van der Waals surface area contributed by atoms with Gasteiger partial charge in [-0.2, -0.15) is 0 Å². The molecule has 1 rings (SSSR count). The van der Waals surface area contributed by atoms with E-state index in [2.05, 4.69) is 4.72 Å². The van der Waals surface area contributed by atoms with Crippen LogP contribution in [0.3, 0.4) is 0 Å². The zero-order valence-electron chi connectivity index (χ0n) is 9.43. The first-order valence-corrected chi connectivity index (χ1v) is 6.52. The summed E-state index contributed by atoms with van der Waals surface area (Å²) in [5.41, 5.74) is 4.82.